The Morgan fingerprint density at radius 2 is 1.30 bits per heavy atom. The van der Waals surface area contributed by atoms with Crippen LogP contribution in [-0.4, -0.2) is 11.8 Å². The SMILES string of the molecule is C=CC(=O)Nc1ccc(SSc2ccc(NC(C)=O)cc2)cc1. The van der Waals surface area contributed by atoms with Gasteiger partial charge in [0, 0.05) is 28.1 Å². The molecule has 2 N–H and O–H groups in total. The molecular weight excluding hydrogens is 328 g/mol. The van der Waals surface area contributed by atoms with Crippen LogP contribution in [0.3, 0.4) is 0 Å². The van der Waals surface area contributed by atoms with Gasteiger partial charge in [0.2, 0.25) is 11.8 Å². The summed E-state index contributed by atoms with van der Waals surface area (Å²) in [6, 6.07) is 15.3. The molecule has 0 aromatic heterocycles. The molecule has 4 nitrogen and oxygen atoms in total. The Hall–Kier alpha value is -2.18. The van der Waals surface area contributed by atoms with Gasteiger partial charge in [0.15, 0.2) is 0 Å². The number of anilines is 2. The number of nitrogens with one attached hydrogen (secondary N) is 2. The van der Waals surface area contributed by atoms with Crippen molar-refractivity contribution in [3.63, 3.8) is 0 Å². The molecule has 0 fully saturated rings. The van der Waals surface area contributed by atoms with E-state index in [1.54, 1.807) is 21.6 Å². The smallest absolute Gasteiger partial charge is 0.247 e. The quantitative estimate of drug-likeness (QED) is 0.595. The largest absolute Gasteiger partial charge is 0.326 e. The van der Waals surface area contributed by atoms with Crippen LogP contribution in [0.25, 0.3) is 0 Å². The Kier molecular flexibility index (Phi) is 6.31. The van der Waals surface area contributed by atoms with E-state index in [0.717, 1.165) is 21.2 Å². The molecule has 0 aliphatic carbocycles. The molecule has 0 bridgehead atoms. The summed E-state index contributed by atoms with van der Waals surface area (Å²) in [5, 5.41) is 5.44. The number of benzene rings is 2. The maximum atomic E-state index is 11.2. The van der Waals surface area contributed by atoms with Crippen LogP contribution in [0.2, 0.25) is 0 Å². The van der Waals surface area contributed by atoms with Crippen molar-refractivity contribution in [1.82, 2.24) is 0 Å². The molecule has 0 aliphatic rings. The molecule has 0 unspecified atom stereocenters. The van der Waals surface area contributed by atoms with E-state index in [1.807, 2.05) is 48.5 Å². The van der Waals surface area contributed by atoms with Crippen molar-refractivity contribution in [3.05, 3.63) is 61.2 Å². The van der Waals surface area contributed by atoms with Gasteiger partial charge in [-0.3, -0.25) is 9.59 Å². The van der Waals surface area contributed by atoms with Crippen LogP contribution in [0.1, 0.15) is 6.92 Å². The van der Waals surface area contributed by atoms with Crippen molar-refractivity contribution in [1.29, 1.82) is 0 Å². The van der Waals surface area contributed by atoms with Crippen LogP contribution in [0.4, 0.5) is 11.4 Å². The maximum Gasteiger partial charge on any atom is 0.247 e. The maximum absolute atomic E-state index is 11.2. The van der Waals surface area contributed by atoms with E-state index >= 15 is 0 Å². The summed E-state index contributed by atoms with van der Waals surface area (Å²) in [5.74, 6) is -0.303. The molecule has 0 aliphatic heterocycles. The molecule has 0 spiro atoms. The highest BCUT2D eigenvalue weighted by molar-refractivity contribution is 8.76. The normalized spacial score (nSPS) is 9.96. The molecule has 0 heterocycles. The van der Waals surface area contributed by atoms with Gasteiger partial charge in [0.05, 0.1) is 0 Å². The van der Waals surface area contributed by atoms with E-state index in [2.05, 4.69) is 17.2 Å². The second-order valence-corrected chi connectivity index (χ2v) is 6.87. The van der Waals surface area contributed by atoms with Gasteiger partial charge in [-0.25, -0.2) is 0 Å². The molecular formula is C17H16N2O2S2. The number of carbonyl (C=O) groups is 2. The third-order valence-electron chi connectivity index (χ3n) is 2.72. The Balaban J connectivity index is 1.89. The van der Waals surface area contributed by atoms with Crippen LogP contribution in [-0.2, 0) is 9.59 Å². The minimum atomic E-state index is -0.223. The van der Waals surface area contributed by atoms with E-state index in [9.17, 15) is 9.59 Å². The highest BCUT2D eigenvalue weighted by atomic mass is 33.1. The van der Waals surface area contributed by atoms with Gasteiger partial charge in [-0.1, -0.05) is 28.2 Å². The highest BCUT2D eigenvalue weighted by Crippen LogP contribution is 2.37. The van der Waals surface area contributed by atoms with Crippen molar-refractivity contribution in [2.45, 2.75) is 16.7 Å². The fraction of sp³-hybridized carbons (Fsp3) is 0.0588. The van der Waals surface area contributed by atoms with E-state index in [4.69, 9.17) is 0 Å². The zero-order valence-corrected chi connectivity index (χ0v) is 14.2. The van der Waals surface area contributed by atoms with Gasteiger partial charge in [0.1, 0.15) is 0 Å². The first kappa shape index (κ1) is 17.2. The summed E-state index contributed by atoms with van der Waals surface area (Å²) in [6.45, 7) is 4.90. The molecule has 2 aromatic carbocycles. The third-order valence-corrected chi connectivity index (χ3v) is 5.13. The van der Waals surface area contributed by atoms with Gasteiger partial charge in [0.25, 0.3) is 0 Å². The van der Waals surface area contributed by atoms with Crippen LogP contribution >= 0.6 is 21.6 Å². The van der Waals surface area contributed by atoms with Gasteiger partial charge < -0.3 is 10.6 Å². The topological polar surface area (TPSA) is 58.2 Å². The van der Waals surface area contributed by atoms with E-state index in [1.165, 1.54) is 13.0 Å². The van der Waals surface area contributed by atoms with Crippen LogP contribution < -0.4 is 10.6 Å². The first-order chi connectivity index (χ1) is 11.1. The fourth-order valence-electron chi connectivity index (χ4n) is 1.68. The Labute approximate surface area is 143 Å². The minimum Gasteiger partial charge on any atom is -0.326 e. The summed E-state index contributed by atoms with van der Waals surface area (Å²) >= 11 is 0. The molecule has 0 saturated heterocycles. The summed E-state index contributed by atoms with van der Waals surface area (Å²) in [5.41, 5.74) is 1.53. The monoisotopic (exact) mass is 344 g/mol. The standard InChI is InChI=1S/C17H16N2O2S2/c1-3-17(21)19-14-6-10-16(11-7-14)23-22-15-8-4-13(5-9-15)18-12(2)20/h3-11H,1H2,2H3,(H,18,20)(H,19,21). The minimum absolute atomic E-state index is 0.0802. The number of rotatable bonds is 6. The van der Waals surface area contributed by atoms with Gasteiger partial charge >= 0.3 is 0 Å². The fourth-order valence-corrected chi connectivity index (χ4v) is 3.61. The van der Waals surface area contributed by atoms with E-state index in [-0.39, 0.29) is 11.8 Å². The zero-order valence-electron chi connectivity index (χ0n) is 12.5. The lowest BCUT2D eigenvalue weighted by atomic mass is 10.3. The summed E-state index contributed by atoms with van der Waals surface area (Å²) < 4.78 is 0. The zero-order chi connectivity index (χ0) is 16.7. The Morgan fingerprint density at radius 1 is 0.870 bits per heavy atom. The third kappa shape index (κ3) is 5.84. The molecule has 0 atom stereocenters. The Bertz CT molecular complexity index is 698. The summed E-state index contributed by atoms with van der Waals surface area (Å²) in [4.78, 5) is 24.3. The molecule has 6 heteroatoms. The van der Waals surface area contributed by atoms with E-state index in [0.29, 0.717) is 0 Å². The molecule has 0 radical (unpaired) electrons. The van der Waals surface area contributed by atoms with E-state index < -0.39 is 0 Å². The van der Waals surface area contributed by atoms with Crippen LogP contribution in [0.5, 0.6) is 0 Å². The average Bonchev–Trinajstić information content (AvgIpc) is 2.55. The van der Waals surface area contributed by atoms with Gasteiger partial charge in [-0.05, 0) is 54.6 Å². The molecule has 2 aromatic rings. The first-order valence-corrected chi connectivity index (χ1v) is 8.97. The number of amides is 2. The molecule has 23 heavy (non-hydrogen) atoms. The lowest BCUT2D eigenvalue weighted by Crippen LogP contribution is -2.06. The van der Waals surface area contributed by atoms with Gasteiger partial charge in [-0.2, -0.15) is 0 Å². The average molecular weight is 344 g/mol. The van der Waals surface area contributed by atoms with Gasteiger partial charge in [-0.15, -0.1) is 0 Å². The highest BCUT2D eigenvalue weighted by Gasteiger charge is 2.01. The first-order valence-electron chi connectivity index (χ1n) is 6.82. The van der Waals surface area contributed by atoms with Crippen LogP contribution in [0, 0.1) is 0 Å². The van der Waals surface area contributed by atoms with Crippen molar-refractivity contribution in [2.24, 2.45) is 0 Å². The van der Waals surface area contributed by atoms with Crippen molar-refractivity contribution in [2.75, 3.05) is 10.6 Å². The van der Waals surface area contributed by atoms with Crippen LogP contribution in [0.15, 0.2) is 71.0 Å². The summed E-state index contributed by atoms with van der Waals surface area (Å²) in [7, 11) is 3.25. The van der Waals surface area contributed by atoms with Crippen molar-refractivity contribution >= 4 is 44.8 Å². The predicted octanol–water partition coefficient (Wildman–Crippen LogP) is 4.57. The summed E-state index contributed by atoms with van der Waals surface area (Å²) in [6.07, 6.45) is 1.24. The number of hydrogen-bond acceptors (Lipinski definition) is 4. The van der Waals surface area contributed by atoms with Crippen molar-refractivity contribution in [3.8, 4) is 0 Å². The molecule has 118 valence electrons. The predicted molar refractivity (Wildman–Crippen MR) is 97.7 cm³/mol. The number of hydrogen-bond donors (Lipinski definition) is 2. The molecule has 2 rings (SSSR count). The lowest BCUT2D eigenvalue weighted by molar-refractivity contribution is -0.114. The second kappa shape index (κ2) is 8.45. The second-order valence-electron chi connectivity index (χ2n) is 4.59. The molecule has 0 saturated carbocycles. The van der Waals surface area contributed by atoms with Crippen molar-refractivity contribution < 1.29 is 9.59 Å². The lowest BCUT2D eigenvalue weighted by Gasteiger charge is -2.05. The number of carbonyl (C=O) groups excluding carboxylic acids is 2. The molecule has 2 amide bonds. The Morgan fingerprint density at radius 3 is 1.70 bits per heavy atom.